The standard InChI is InChI=1S/C19H21NO5/c1-12-5-7-15(13(2)9-12)20-18(21)11-25-19(22)14-6-8-16(23-3)17(10-14)24-4/h5-10H,11H2,1-4H3,(H,20,21). The highest BCUT2D eigenvalue weighted by Gasteiger charge is 2.14. The number of carbonyl (C=O) groups excluding carboxylic acids is 2. The lowest BCUT2D eigenvalue weighted by Crippen LogP contribution is -2.21. The van der Waals surface area contributed by atoms with Crippen molar-refractivity contribution in [2.24, 2.45) is 0 Å². The normalized spacial score (nSPS) is 10.1. The first kappa shape index (κ1) is 18.3. The zero-order valence-electron chi connectivity index (χ0n) is 14.7. The van der Waals surface area contributed by atoms with Gasteiger partial charge >= 0.3 is 5.97 Å². The minimum Gasteiger partial charge on any atom is -0.493 e. The fourth-order valence-corrected chi connectivity index (χ4v) is 2.32. The van der Waals surface area contributed by atoms with Gasteiger partial charge in [0.05, 0.1) is 19.8 Å². The van der Waals surface area contributed by atoms with Gasteiger partial charge in [0.2, 0.25) is 0 Å². The van der Waals surface area contributed by atoms with E-state index in [1.54, 1.807) is 12.1 Å². The van der Waals surface area contributed by atoms with Gasteiger partial charge in [-0.25, -0.2) is 4.79 Å². The number of carbonyl (C=O) groups is 2. The van der Waals surface area contributed by atoms with E-state index in [0.717, 1.165) is 11.1 Å². The fraction of sp³-hybridized carbons (Fsp3) is 0.263. The second-order valence-corrected chi connectivity index (χ2v) is 5.51. The SMILES string of the molecule is COc1ccc(C(=O)OCC(=O)Nc2ccc(C)cc2C)cc1OC. The van der Waals surface area contributed by atoms with Gasteiger partial charge < -0.3 is 19.5 Å². The van der Waals surface area contributed by atoms with E-state index in [1.165, 1.54) is 20.3 Å². The molecule has 0 saturated carbocycles. The van der Waals surface area contributed by atoms with Crippen molar-refractivity contribution >= 4 is 17.6 Å². The maximum absolute atomic E-state index is 12.1. The third-order valence-electron chi connectivity index (χ3n) is 3.61. The first-order chi connectivity index (χ1) is 11.9. The molecule has 0 saturated heterocycles. The molecule has 2 rings (SSSR count). The Hall–Kier alpha value is -3.02. The summed E-state index contributed by atoms with van der Waals surface area (Å²) in [5.41, 5.74) is 3.02. The molecule has 2 aromatic carbocycles. The molecule has 0 aromatic heterocycles. The van der Waals surface area contributed by atoms with Gasteiger partial charge in [0.25, 0.3) is 5.91 Å². The molecule has 132 valence electrons. The molecule has 0 spiro atoms. The van der Waals surface area contributed by atoms with Crippen molar-refractivity contribution in [2.45, 2.75) is 13.8 Å². The van der Waals surface area contributed by atoms with E-state index in [1.807, 2.05) is 32.0 Å². The third-order valence-corrected chi connectivity index (χ3v) is 3.61. The molecule has 0 aliphatic carbocycles. The van der Waals surface area contributed by atoms with E-state index in [9.17, 15) is 9.59 Å². The molecule has 0 unspecified atom stereocenters. The second kappa shape index (κ2) is 8.19. The van der Waals surface area contributed by atoms with Gasteiger partial charge in [-0.3, -0.25) is 4.79 Å². The Morgan fingerprint density at radius 2 is 1.68 bits per heavy atom. The predicted octanol–water partition coefficient (Wildman–Crippen LogP) is 3.12. The summed E-state index contributed by atoms with van der Waals surface area (Å²) in [7, 11) is 2.98. The zero-order valence-corrected chi connectivity index (χ0v) is 14.7. The van der Waals surface area contributed by atoms with Crippen LogP contribution in [0, 0.1) is 13.8 Å². The molecule has 6 heteroatoms. The number of hydrogen-bond acceptors (Lipinski definition) is 5. The zero-order chi connectivity index (χ0) is 18.4. The second-order valence-electron chi connectivity index (χ2n) is 5.51. The van der Waals surface area contributed by atoms with Gasteiger partial charge in [-0.15, -0.1) is 0 Å². The summed E-state index contributed by atoms with van der Waals surface area (Å²) in [4.78, 5) is 24.1. The van der Waals surface area contributed by atoms with Crippen molar-refractivity contribution < 1.29 is 23.8 Å². The van der Waals surface area contributed by atoms with Crippen LogP contribution in [0.3, 0.4) is 0 Å². The molecule has 0 aliphatic rings. The summed E-state index contributed by atoms with van der Waals surface area (Å²) in [5.74, 6) is -0.0965. The fourth-order valence-electron chi connectivity index (χ4n) is 2.32. The number of rotatable bonds is 6. The number of anilines is 1. The third kappa shape index (κ3) is 4.73. The lowest BCUT2D eigenvalue weighted by atomic mass is 10.1. The van der Waals surface area contributed by atoms with E-state index in [4.69, 9.17) is 14.2 Å². The topological polar surface area (TPSA) is 73.9 Å². The van der Waals surface area contributed by atoms with Crippen molar-refractivity contribution in [3.63, 3.8) is 0 Å². The number of nitrogens with one attached hydrogen (secondary N) is 1. The van der Waals surface area contributed by atoms with Gasteiger partial charge in [0, 0.05) is 5.69 Å². The van der Waals surface area contributed by atoms with Gasteiger partial charge in [-0.05, 0) is 43.7 Å². The molecule has 0 fully saturated rings. The van der Waals surface area contributed by atoms with Crippen molar-refractivity contribution in [2.75, 3.05) is 26.1 Å². The average Bonchev–Trinajstić information content (AvgIpc) is 2.61. The molecule has 0 atom stereocenters. The Bertz CT molecular complexity index is 785. The van der Waals surface area contributed by atoms with Crippen LogP contribution in [0.2, 0.25) is 0 Å². The predicted molar refractivity (Wildman–Crippen MR) is 94.4 cm³/mol. The van der Waals surface area contributed by atoms with Gasteiger partial charge in [0.1, 0.15) is 0 Å². The Morgan fingerprint density at radius 1 is 0.960 bits per heavy atom. The van der Waals surface area contributed by atoms with Crippen molar-refractivity contribution in [3.05, 3.63) is 53.1 Å². The molecule has 25 heavy (non-hydrogen) atoms. The first-order valence-electron chi connectivity index (χ1n) is 7.71. The maximum Gasteiger partial charge on any atom is 0.338 e. The molecule has 1 N–H and O–H groups in total. The van der Waals surface area contributed by atoms with Crippen LogP contribution < -0.4 is 14.8 Å². The summed E-state index contributed by atoms with van der Waals surface area (Å²) in [6, 6.07) is 10.3. The molecular weight excluding hydrogens is 322 g/mol. The molecular formula is C19H21NO5. The quantitative estimate of drug-likeness (QED) is 0.816. The van der Waals surface area contributed by atoms with E-state index in [2.05, 4.69) is 5.32 Å². The van der Waals surface area contributed by atoms with Crippen molar-refractivity contribution in [1.82, 2.24) is 0 Å². The van der Waals surface area contributed by atoms with Crippen LogP contribution in [0.1, 0.15) is 21.5 Å². The molecule has 0 bridgehead atoms. The van der Waals surface area contributed by atoms with E-state index < -0.39 is 11.9 Å². The highest BCUT2D eigenvalue weighted by Crippen LogP contribution is 2.27. The number of hydrogen-bond donors (Lipinski definition) is 1. The minimum atomic E-state index is -0.614. The van der Waals surface area contributed by atoms with Crippen LogP contribution in [0.25, 0.3) is 0 Å². The molecule has 1 amide bonds. The number of amides is 1. The summed E-state index contributed by atoms with van der Waals surface area (Å²) < 4.78 is 15.3. The number of methoxy groups -OCH3 is 2. The highest BCUT2D eigenvalue weighted by molar-refractivity contribution is 5.96. The molecule has 0 radical (unpaired) electrons. The molecule has 6 nitrogen and oxygen atoms in total. The first-order valence-corrected chi connectivity index (χ1v) is 7.71. The summed E-state index contributed by atoms with van der Waals surface area (Å²) in [6.45, 7) is 3.50. The Labute approximate surface area is 146 Å². The van der Waals surface area contributed by atoms with Crippen molar-refractivity contribution in [1.29, 1.82) is 0 Å². The number of aryl methyl sites for hydroxylation is 2. The van der Waals surface area contributed by atoms with E-state index >= 15 is 0 Å². The molecule has 0 aliphatic heterocycles. The van der Waals surface area contributed by atoms with Gasteiger partial charge in [-0.1, -0.05) is 17.7 Å². The van der Waals surface area contributed by atoms with E-state index in [-0.39, 0.29) is 12.2 Å². The number of esters is 1. The van der Waals surface area contributed by atoms with Crippen LogP contribution in [0.4, 0.5) is 5.69 Å². The monoisotopic (exact) mass is 343 g/mol. The highest BCUT2D eigenvalue weighted by atomic mass is 16.5. The largest absolute Gasteiger partial charge is 0.493 e. The Balaban J connectivity index is 1.96. The molecule has 2 aromatic rings. The van der Waals surface area contributed by atoms with Crippen LogP contribution in [-0.4, -0.2) is 32.7 Å². The average molecular weight is 343 g/mol. The van der Waals surface area contributed by atoms with Crippen LogP contribution in [0.5, 0.6) is 11.5 Å². The van der Waals surface area contributed by atoms with Gasteiger partial charge in [0.15, 0.2) is 18.1 Å². The Morgan fingerprint density at radius 3 is 2.32 bits per heavy atom. The van der Waals surface area contributed by atoms with Crippen LogP contribution in [-0.2, 0) is 9.53 Å². The summed E-state index contributed by atoms with van der Waals surface area (Å²) in [5, 5.41) is 2.72. The number of benzene rings is 2. The van der Waals surface area contributed by atoms with Crippen LogP contribution >= 0.6 is 0 Å². The lowest BCUT2D eigenvalue weighted by molar-refractivity contribution is -0.119. The van der Waals surface area contributed by atoms with Gasteiger partial charge in [-0.2, -0.15) is 0 Å². The smallest absolute Gasteiger partial charge is 0.338 e. The Kier molecular flexibility index (Phi) is 6.00. The van der Waals surface area contributed by atoms with E-state index in [0.29, 0.717) is 17.2 Å². The molecule has 0 heterocycles. The lowest BCUT2D eigenvalue weighted by Gasteiger charge is -2.11. The maximum atomic E-state index is 12.1. The van der Waals surface area contributed by atoms with Crippen molar-refractivity contribution in [3.8, 4) is 11.5 Å². The summed E-state index contributed by atoms with van der Waals surface area (Å²) in [6.07, 6.45) is 0. The number of ether oxygens (including phenoxy) is 3. The summed E-state index contributed by atoms with van der Waals surface area (Å²) >= 11 is 0. The van der Waals surface area contributed by atoms with Crippen LogP contribution in [0.15, 0.2) is 36.4 Å². The minimum absolute atomic E-state index is 0.275.